The normalized spacial score (nSPS) is 13.0. The minimum Gasteiger partial charge on any atom is -0.493 e. The van der Waals surface area contributed by atoms with Crippen LogP contribution in [0.15, 0.2) is 47.7 Å². The molecule has 1 aliphatic rings. The Labute approximate surface area is 116 Å². The summed E-state index contributed by atoms with van der Waals surface area (Å²) in [5, 5.41) is 3.94. The number of rotatable bonds is 3. The Hall–Kier alpha value is -2.69. The van der Waals surface area contributed by atoms with Gasteiger partial charge in [0.2, 0.25) is 0 Å². The first-order chi connectivity index (χ1) is 9.83. The summed E-state index contributed by atoms with van der Waals surface area (Å²) in [7, 11) is 0. The van der Waals surface area contributed by atoms with Gasteiger partial charge in [-0.2, -0.15) is 5.10 Å². The van der Waals surface area contributed by atoms with E-state index in [1.165, 1.54) is 5.56 Å². The number of hydrogen-bond donors (Lipinski definition) is 1. The highest BCUT2D eigenvalue weighted by Gasteiger charge is 2.11. The van der Waals surface area contributed by atoms with Crippen LogP contribution >= 0.6 is 0 Å². The van der Waals surface area contributed by atoms with Gasteiger partial charge in [0.15, 0.2) is 0 Å². The Morgan fingerprint density at radius 3 is 3.15 bits per heavy atom. The summed E-state index contributed by atoms with van der Waals surface area (Å²) in [5.41, 5.74) is 4.89. The number of aromatic nitrogens is 1. The predicted octanol–water partition coefficient (Wildman–Crippen LogP) is 1.78. The Kier molecular flexibility index (Phi) is 3.41. The summed E-state index contributed by atoms with van der Waals surface area (Å²) in [5.74, 6) is 0.603. The van der Waals surface area contributed by atoms with Gasteiger partial charge in [0.25, 0.3) is 5.91 Å². The van der Waals surface area contributed by atoms with Crippen molar-refractivity contribution in [2.75, 3.05) is 6.61 Å². The summed E-state index contributed by atoms with van der Waals surface area (Å²) in [6.45, 7) is 0.729. The molecule has 0 radical (unpaired) electrons. The average Bonchev–Trinajstić information content (AvgIpc) is 2.95. The van der Waals surface area contributed by atoms with E-state index in [9.17, 15) is 4.79 Å². The van der Waals surface area contributed by atoms with E-state index in [4.69, 9.17) is 4.74 Å². The molecule has 0 atom stereocenters. The highest BCUT2D eigenvalue weighted by molar-refractivity contribution is 5.93. The molecule has 2 aromatic rings. The van der Waals surface area contributed by atoms with E-state index in [-0.39, 0.29) is 5.91 Å². The molecule has 5 heteroatoms. The number of benzene rings is 1. The van der Waals surface area contributed by atoms with Gasteiger partial charge in [0.05, 0.1) is 12.8 Å². The Bertz CT molecular complexity index is 653. The van der Waals surface area contributed by atoms with E-state index in [1.54, 1.807) is 30.6 Å². The van der Waals surface area contributed by atoms with E-state index in [2.05, 4.69) is 15.5 Å². The molecule has 1 N–H and O–H groups in total. The number of carbonyl (C=O) groups excluding carboxylic acids is 1. The van der Waals surface area contributed by atoms with Crippen LogP contribution in [0.2, 0.25) is 0 Å². The van der Waals surface area contributed by atoms with Crippen LogP contribution in [-0.2, 0) is 6.42 Å². The van der Waals surface area contributed by atoms with Gasteiger partial charge in [-0.05, 0) is 41.5 Å². The van der Waals surface area contributed by atoms with Crippen LogP contribution in [0.4, 0.5) is 0 Å². The number of ether oxygens (including phenoxy) is 1. The van der Waals surface area contributed by atoms with Crippen LogP contribution < -0.4 is 10.2 Å². The summed E-state index contributed by atoms with van der Waals surface area (Å²) < 4.78 is 5.43. The van der Waals surface area contributed by atoms with Crippen molar-refractivity contribution < 1.29 is 9.53 Å². The number of hydrazone groups is 1. The molecule has 1 amide bonds. The number of amides is 1. The van der Waals surface area contributed by atoms with Gasteiger partial charge >= 0.3 is 0 Å². The minimum atomic E-state index is -0.327. The molecule has 5 nitrogen and oxygen atoms in total. The van der Waals surface area contributed by atoms with E-state index < -0.39 is 0 Å². The zero-order valence-corrected chi connectivity index (χ0v) is 10.7. The molecule has 1 aromatic carbocycles. The smallest absolute Gasteiger partial charge is 0.289 e. The first-order valence-electron chi connectivity index (χ1n) is 6.33. The monoisotopic (exact) mass is 267 g/mol. The fourth-order valence-electron chi connectivity index (χ4n) is 2.01. The SMILES string of the molecule is O=C(N/N=C/c1ccc2c(c1)CCO2)c1ccccn1. The highest BCUT2D eigenvalue weighted by Crippen LogP contribution is 2.25. The fourth-order valence-corrected chi connectivity index (χ4v) is 2.01. The molecule has 1 aromatic heterocycles. The first-order valence-corrected chi connectivity index (χ1v) is 6.33. The molecule has 0 fully saturated rings. The largest absolute Gasteiger partial charge is 0.493 e. The van der Waals surface area contributed by atoms with Crippen LogP contribution in [0.1, 0.15) is 21.6 Å². The Balaban J connectivity index is 1.65. The van der Waals surface area contributed by atoms with Crippen molar-refractivity contribution in [1.29, 1.82) is 0 Å². The zero-order valence-electron chi connectivity index (χ0n) is 10.7. The molecule has 3 rings (SSSR count). The predicted molar refractivity (Wildman–Crippen MR) is 74.9 cm³/mol. The summed E-state index contributed by atoms with van der Waals surface area (Å²) >= 11 is 0. The average molecular weight is 267 g/mol. The van der Waals surface area contributed by atoms with Crippen molar-refractivity contribution in [2.45, 2.75) is 6.42 Å². The van der Waals surface area contributed by atoms with E-state index >= 15 is 0 Å². The topological polar surface area (TPSA) is 63.6 Å². The second kappa shape index (κ2) is 5.52. The number of nitrogens with zero attached hydrogens (tertiary/aromatic N) is 2. The van der Waals surface area contributed by atoms with Crippen LogP contribution in [0, 0.1) is 0 Å². The molecule has 20 heavy (non-hydrogen) atoms. The van der Waals surface area contributed by atoms with Crippen LogP contribution in [0.5, 0.6) is 5.75 Å². The lowest BCUT2D eigenvalue weighted by Gasteiger charge is -2.00. The number of pyridine rings is 1. The lowest BCUT2D eigenvalue weighted by molar-refractivity contribution is 0.0950. The molecule has 0 unspecified atom stereocenters. The van der Waals surface area contributed by atoms with Gasteiger partial charge in [-0.25, -0.2) is 5.43 Å². The maximum atomic E-state index is 11.7. The summed E-state index contributed by atoms with van der Waals surface area (Å²) in [6, 6.07) is 11.0. The van der Waals surface area contributed by atoms with Crippen LogP contribution in [-0.4, -0.2) is 23.7 Å². The number of nitrogens with one attached hydrogen (secondary N) is 1. The standard InChI is InChI=1S/C15H13N3O2/c19-15(13-3-1-2-7-16-13)18-17-10-11-4-5-14-12(9-11)6-8-20-14/h1-5,7,9-10H,6,8H2,(H,18,19)/b17-10+. The van der Waals surface area contributed by atoms with Gasteiger partial charge in [-0.1, -0.05) is 6.07 Å². The Morgan fingerprint density at radius 2 is 2.30 bits per heavy atom. The third-order valence-electron chi connectivity index (χ3n) is 2.99. The summed E-state index contributed by atoms with van der Waals surface area (Å²) in [6.07, 6.45) is 4.09. The van der Waals surface area contributed by atoms with E-state index in [0.29, 0.717) is 5.69 Å². The molecule has 2 heterocycles. The minimum absolute atomic E-state index is 0.327. The van der Waals surface area contributed by atoms with Crippen molar-refractivity contribution in [1.82, 2.24) is 10.4 Å². The van der Waals surface area contributed by atoms with Crippen LogP contribution in [0.25, 0.3) is 0 Å². The quantitative estimate of drug-likeness (QED) is 0.681. The molecular weight excluding hydrogens is 254 g/mol. The van der Waals surface area contributed by atoms with Crippen molar-refractivity contribution in [3.63, 3.8) is 0 Å². The third-order valence-corrected chi connectivity index (χ3v) is 2.99. The van der Waals surface area contributed by atoms with Gasteiger partial charge < -0.3 is 4.74 Å². The number of fused-ring (bicyclic) bond motifs is 1. The first kappa shape index (κ1) is 12.3. The lowest BCUT2D eigenvalue weighted by atomic mass is 10.1. The molecule has 0 saturated heterocycles. The maximum Gasteiger partial charge on any atom is 0.289 e. The molecule has 0 bridgehead atoms. The molecule has 0 spiro atoms. The van der Waals surface area contributed by atoms with Crippen molar-refractivity contribution >= 4 is 12.1 Å². The molecular formula is C15H13N3O2. The second-order valence-corrected chi connectivity index (χ2v) is 4.38. The van der Waals surface area contributed by atoms with E-state index in [1.807, 2.05) is 18.2 Å². The Morgan fingerprint density at radius 1 is 1.35 bits per heavy atom. The third kappa shape index (κ3) is 2.66. The second-order valence-electron chi connectivity index (χ2n) is 4.38. The van der Waals surface area contributed by atoms with Gasteiger partial charge in [-0.15, -0.1) is 0 Å². The van der Waals surface area contributed by atoms with Crippen molar-refractivity contribution in [3.8, 4) is 5.75 Å². The molecule has 1 aliphatic heterocycles. The van der Waals surface area contributed by atoms with Crippen molar-refractivity contribution in [2.24, 2.45) is 5.10 Å². The van der Waals surface area contributed by atoms with Gasteiger partial charge in [0.1, 0.15) is 11.4 Å². The van der Waals surface area contributed by atoms with Gasteiger partial charge in [0, 0.05) is 12.6 Å². The van der Waals surface area contributed by atoms with Gasteiger partial charge in [-0.3, -0.25) is 9.78 Å². The van der Waals surface area contributed by atoms with Crippen LogP contribution in [0.3, 0.4) is 0 Å². The van der Waals surface area contributed by atoms with E-state index in [0.717, 1.165) is 24.3 Å². The number of hydrogen-bond acceptors (Lipinski definition) is 4. The molecule has 100 valence electrons. The molecule has 0 saturated carbocycles. The molecule has 0 aliphatic carbocycles. The maximum absolute atomic E-state index is 11.7. The fraction of sp³-hybridized carbons (Fsp3) is 0.133. The lowest BCUT2D eigenvalue weighted by Crippen LogP contribution is -2.18. The number of carbonyl (C=O) groups is 1. The van der Waals surface area contributed by atoms with Crippen molar-refractivity contribution in [3.05, 3.63) is 59.4 Å². The highest BCUT2D eigenvalue weighted by atomic mass is 16.5. The summed E-state index contributed by atoms with van der Waals surface area (Å²) in [4.78, 5) is 15.7. The zero-order chi connectivity index (χ0) is 13.8.